The molecular formula is C80H50. The van der Waals surface area contributed by atoms with Crippen LogP contribution in [0.1, 0.15) is 0 Å². The molecule has 16 aromatic carbocycles. The van der Waals surface area contributed by atoms with Gasteiger partial charge in [-0.15, -0.1) is 0 Å². The van der Waals surface area contributed by atoms with E-state index in [0.29, 0.717) is 0 Å². The molecule has 0 atom stereocenters. The summed E-state index contributed by atoms with van der Waals surface area (Å²) in [4.78, 5) is 0. The van der Waals surface area contributed by atoms with Gasteiger partial charge in [0.25, 0.3) is 0 Å². The third kappa shape index (κ3) is 7.53. The molecule has 0 bridgehead atoms. The van der Waals surface area contributed by atoms with Gasteiger partial charge in [-0.25, -0.2) is 0 Å². The smallest absolute Gasteiger partial charge is 0.00139 e. The largest absolute Gasteiger partial charge is 0.0622 e. The summed E-state index contributed by atoms with van der Waals surface area (Å²) in [5.74, 6) is 0. The Hall–Kier alpha value is -10.4. The Kier molecular flexibility index (Phi) is 10.7. The first kappa shape index (κ1) is 45.8. The Bertz CT molecular complexity index is 4740. The van der Waals surface area contributed by atoms with Crippen LogP contribution in [-0.2, 0) is 0 Å². The average Bonchev–Trinajstić information content (AvgIpc) is 3.70. The quantitative estimate of drug-likeness (QED) is 0.133. The zero-order valence-electron chi connectivity index (χ0n) is 43.9. The minimum absolute atomic E-state index is 1.19. The van der Waals surface area contributed by atoms with Crippen molar-refractivity contribution in [3.8, 4) is 89.0 Å². The molecule has 16 aromatic rings. The molecule has 0 saturated heterocycles. The van der Waals surface area contributed by atoms with E-state index < -0.39 is 0 Å². The van der Waals surface area contributed by atoms with Gasteiger partial charge in [0.05, 0.1) is 0 Å². The van der Waals surface area contributed by atoms with Gasteiger partial charge in [-0.1, -0.05) is 279 Å². The summed E-state index contributed by atoms with van der Waals surface area (Å²) >= 11 is 0. The summed E-state index contributed by atoms with van der Waals surface area (Å²) in [6.07, 6.45) is 0. The van der Waals surface area contributed by atoms with Crippen LogP contribution in [0.25, 0.3) is 164 Å². The van der Waals surface area contributed by atoms with Crippen LogP contribution in [-0.4, -0.2) is 0 Å². The Morgan fingerprint density at radius 3 is 0.812 bits per heavy atom. The molecule has 16 rings (SSSR count). The van der Waals surface area contributed by atoms with E-state index in [1.54, 1.807) is 0 Å². The molecule has 0 heterocycles. The first-order chi connectivity index (χ1) is 39.7. The fourth-order valence-corrected chi connectivity index (χ4v) is 13.1. The second kappa shape index (κ2) is 18.7. The van der Waals surface area contributed by atoms with Crippen molar-refractivity contribution in [1.29, 1.82) is 0 Å². The fraction of sp³-hybridized carbons (Fsp3) is 0. The van der Waals surface area contributed by atoms with Gasteiger partial charge in [0.2, 0.25) is 0 Å². The van der Waals surface area contributed by atoms with Crippen molar-refractivity contribution in [2.75, 3.05) is 0 Å². The van der Waals surface area contributed by atoms with E-state index in [-0.39, 0.29) is 0 Å². The number of rotatable bonds is 8. The molecule has 0 fully saturated rings. The van der Waals surface area contributed by atoms with Gasteiger partial charge < -0.3 is 0 Å². The van der Waals surface area contributed by atoms with E-state index in [2.05, 4.69) is 303 Å². The summed E-state index contributed by atoms with van der Waals surface area (Å²) in [5.41, 5.74) is 19.4. The lowest BCUT2D eigenvalue weighted by Gasteiger charge is -2.23. The molecule has 80 heavy (non-hydrogen) atoms. The minimum atomic E-state index is 1.19. The summed E-state index contributed by atoms with van der Waals surface area (Å²) < 4.78 is 0. The van der Waals surface area contributed by atoms with E-state index in [9.17, 15) is 0 Å². The van der Waals surface area contributed by atoms with Gasteiger partial charge in [-0.3, -0.25) is 0 Å². The van der Waals surface area contributed by atoms with Crippen LogP contribution in [0.15, 0.2) is 303 Å². The molecule has 0 aliphatic rings. The number of hydrogen-bond donors (Lipinski definition) is 0. The molecule has 0 unspecified atom stereocenters. The van der Waals surface area contributed by atoms with Crippen LogP contribution in [0.3, 0.4) is 0 Å². The lowest BCUT2D eigenvalue weighted by Crippen LogP contribution is -1.95. The maximum atomic E-state index is 2.49. The van der Waals surface area contributed by atoms with E-state index in [4.69, 9.17) is 0 Å². The zero-order chi connectivity index (χ0) is 52.7. The predicted octanol–water partition coefficient (Wildman–Crippen LogP) is 22.5. The van der Waals surface area contributed by atoms with Crippen LogP contribution >= 0.6 is 0 Å². The van der Waals surface area contributed by atoms with Gasteiger partial charge in [-0.2, -0.15) is 0 Å². The van der Waals surface area contributed by atoms with Gasteiger partial charge in [0.15, 0.2) is 0 Å². The molecule has 0 N–H and O–H groups in total. The highest BCUT2D eigenvalue weighted by atomic mass is 14.3. The van der Waals surface area contributed by atoms with Crippen LogP contribution in [0.4, 0.5) is 0 Å². The first-order valence-electron chi connectivity index (χ1n) is 27.8. The Morgan fingerprint density at radius 2 is 0.412 bits per heavy atom. The summed E-state index contributed by atoms with van der Waals surface area (Å²) in [7, 11) is 0. The van der Waals surface area contributed by atoms with Gasteiger partial charge >= 0.3 is 0 Å². The fourth-order valence-electron chi connectivity index (χ4n) is 13.1. The van der Waals surface area contributed by atoms with Crippen LogP contribution < -0.4 is 0 Å². The van der Waals surface area contributed by atoms with E-state index in [1.165, 1.54) is 164 Å². The third-order valence-corrected chi connectivity index (χ3v) is 17.1. The molecule has 0 radical (unpaired) electrons. The highest BCUT2D eigenvalue weighted by Crippen LogP contribution is 2.51. The maximum absolute atomic E-state index is 2.49. The molecular weight excluding hydrogens is 961 g/mol. The van der Waals surface area contributed by atoms with Crippen molar-refractivity contribution in [3.63, 3.8) is 0 Å². The van der Waals surface area contributed by atoms with E-state index >= 15 is 0 Å². The molecule has 0 aromatic heterocycles. The third-order valence-electron chi connectivity index (χ3n) is 17.1. The predicted molar refractivity (Wildman–Crippen MR) is 344 cm³/mol. The SMILES string of the molecule is c1ccc(-c2ccc(-c3cc(-c4ccc(-c5ccc6ccccc6c5)cc4)c4ccc5c(-c6ccc(-c7ccccc7)c7ccccc67)cc(-c6ccc(-c7ccc8ccccc8c7)cc6)c6ccc3c4c65)c3ccccc23)cc1. The van der Waals surface area contributed by atoms with Crippen molar-refractivity contribution < 1.29 is 0 Å². The lowest BCUT2D eigenvalue weighted by atomic mass is 9.80. The second-order valence-electron chi connectivity index (χ2n) is 21.4. The van der Waals surface area contributed by atoms with Gasteiger partial charge in [-0.05, 0) is 189 Å². The molecule has 0 saturated carbocycles. The molecule has 0 aliphatic carbocycles. The topological polar surface area (TPSA) is 0 Å². The summed E-state index contributed by atoms with van der Waals surface area (Å²) in [6.45, 7) is 0. The zero-order valence-corrected chi connectivity index (χ0v) is 43.9. The molecule has 0 aliphatic heterocycles. The summed E-state index contributed by atoms with van der Waals surface area (Å²) in [5, 5.41) is 17.5. The van der Waals surface area contributed by atoms with Crippen molar-refractivity contribution in [1.82, 2.24) is 0 Å². The number of fused-ring (bicyclic) bond motifs is 4. The molecule has 0 spiro atoms. The van der Waals surface area contributed by atoms with Crippen molar-refractivity contribution in [2.24, 2.45) is 0 Å². The van der Waals surface area contributed by atoms with Crippen molar-refractivity contribution in [2.45, 2.75) is 0 Å². The Morgan fingerprint density at radius 1 is 0.125 bits per heavy atom. The van der Waals surface area contributed by atoms with Gasteiger partial charge in [0, 0.05) is 0 Å². The van der Waals surface area contributed by atoms with Crippen molar-refractivity contribution in [3.05, 3.63) is 303 Å². The highest BCUT2D eigenvalue weighted by molar-refractivity contribution is 6.33. The first-order valence-corrected chi connectivity index (χ1v) is 27.8. The second-order valence-corrected chi connectivity index (χ2v) is 21.4. The Labute approximate surface area is 465 Å². The van der Waals surface area contributed by atoms with Crippen LogP contribution in [0.5, 0.6) is 0 Å². The summed E-state index contributed by atoms with van der Waals surface area (Å²) in [6, 6.07) is 113. The van der Waals surface area contributed by atoms with Crippen molar-refractivity contribution >= 4 is 75.4 Å². The highest BCUT2D eigenvalue weighted by Gasteiger charge is 2.23. The maximum Gasteiger partial charge on any atom is -0.00139 e. The van der Waals surface area contributed by atoms with Crippen LogP contribution in [0.2, 0.25) is 0 Å². The lowest BCUT2D eigenvalue weighted by molar-refractivity contribution is 1.61. The van der Waals surface area contributed by atoms with E-state index in [1.807, 2.05) is 0 Å². The van der Waals surface area contributed by atoms with Crippen LogP contribution in [0, 0.1) is 0 Å². The average molecular weight is 1010 g/mol. The van der Waals surface area contributed by atoms with E-state index in [0.717, 1.165) is 0 Å². The minimum Gasteiger partial charge on any atom is -0.0622 e. The monoisotopic (exact) mass is 1010 g/mol. The molecule has 0 nitrogen and oxygen atoms in total. The molecule has 0 heteroatoms. The normalized spacial score (nSPS) is 11.8. The number of benzene rings is 16. The standard InChI is InChI=1S/C80H50/c1-3-17-55(18-4-1)63-39-41-69(67-25-13-11-23-65(63)67)77-49-75(57-33-27-53(28-34-57)61-37-31-51-15-7-9-21-59(51)47-61)71-44-46-74-78(70-42-40-64(56-19-5-2-6-20-56)66-24-12-14-26-68(66)70)50-76(72-43-45-73(77)79(71)80(72)74)58-35-29-54(30-36-58)62-38-32-52-16-8-10-22-60(52)48-62/h1-50H. The molecule has 0 amide bonds. The Balaban J connectivity index is 0.976. The van der Waals surface area contributed by atoms with Gasteiger partial charge in [0.1, 0.15) is 0 Å². The molecule has 370 valence electrons. The number of hydrogen-bond acceptors (Lipinski definition) is 0.